The molecular weight excluding hydrogens is 344 g/mol. The van der Waals surface area contributed by atoms with Crippen LogP contribution in [0.5, 0.6) is 0 Å². The van der Waals surface area contributed by atoms with Crippen LogP contribution in [0.3, 0.4) is 0 Å². The molecule has 25 heavy (non-hydrogen) atoms. The average molecular weight is 355 g/mol. The lowest BCUT2D eigenvalue weighted by atomic mass is 10.1. The number of fused-ring (bicyclic) bond motifs is 2. The fourth-order valence-corrected chi connectivity index (χ4v) is 3.06. The Balaban J connectivity index is 1.67. The molecule has 0 aliphatic carbocycles. The van der Waals surface area contributed by atoms with Crippen molar-refractivity contribution in [2.24, 2.45) is 0 Å². The standard InChI is InChI=1S/C18H11ClN2O4/c1-9-11-7-6-10(19)8-14(11)20-15(9)18(24)25-21-16(22)12-4-2-3-5-13(12)17(21)23/h2-8,20H,1H3. The molecule has 1 aromatic heterocycles. The van der Waals surface area contributed by atoms with Gasteiger partial charge in [0.2, 0.25) is 0 Å². The van der Waals surface area contributed by atoms with Gasteiger partial charge < -0.3 is 9.82 Å². The highest BCUT2D eigenvalue weighted by Gasteiger charge is 2.39. The number of nitrogens with zero attached hydrogens (tertiary/aromatic N) is 1. The SMILES string of the molecule is Cc1c(C(=O)ON2C(=O)c3ccccc3C2=O)[nH]c2cc(Cl)ccc12. The number of nitrogens with one attached hydrogen (secondary N) is 1. The van der Waals surface area contributed by atoms with Crippen molar-refractivity contribution < 1.29 is 19.2 Å². The van der Waals surface area contributed by atoms with Crippen LogP contribution in [0.25, 0.3) is 10.9 Å². The molecule has 1 aliphatic rings. The second-order valence-electron chi connectivity index (χ2n) is 5.64. The number of benzene rings is 2. The number of hydrogen-bond donors (Lipinski definition) is 1. The van der Waals surface area contributed by atoms with Crippen molar-refractivity contribution in [1.82, 2.24) is 10.0 Å². The van der Waals surface area contributed by atoms with Gasteiger partial charge in [-0.3, -0.25) is 9.59 Å². The number of imide groups is 1. The van der Waals surface area contributed by atoms with Crippen molar-refractivity contribution in [3.63, 3.8) is 0 Å². The minimum absolute atomic E-state index is 0.161. The van der Waals surface area contributed by atoms with Gasteiger partial charge in [0.05, 0.1) is 11.1 Å². The lowest BCUT2D eigenvalue weighted by Gasteiger charge is -2.12. The Morgan fingerprint density at radius 3 is 2.36 bits per heavy atom. The summed E-state index contributed by atoms with van der Waals surface area (Å²) in [5.74, 6) is -2.14. The molecule has 4 rings (SSSR count). The van der Waals surface area contributed by atoms with Gasteiger partial charge in [-0.05, 0) is 36.8 Å². The highest BCUT2D eigenvalue weighted by Crippen LogP contribution is 2.27. The summed E-state index contributed by atoms with van der Waals surface area (Å²) in [5, 5.41) is 1.82. The molecule has 0 atom stereocenters. The van der Waals surface area contributed by atoms with Gasteiger partial charge in [0, 0.05) is 15.9 Å². The molecule has 3 aromatic rings. The van der Waals surface area contributed by atoms with Crippen LogP contribution in [0, 0.1) is 6.92 Å². The highest BCUT2D eigenvalue weighted by atomic mass is 35.5. The maximum Gasteiger partial charge on any atom is 0.380 e. The molecule has 0 radical (unpaired) electrons. The van der Waals surface area contributed by atoms with E-state index in [2.05, 4.69) is 4.98 Å². The van der Waals surface area contributed by atoms with E-state index in [0.29, 0.717) is 21.2 Å². The van der Waals surface area contributed by atoms with Crippen LogP contribution in [-0.2, 0) is 4.84 Å². The Bertz CT molecular complexity index is 1040. The Morgan fingerprint density at radius 2 is 1.72 bits per heavy atom. The molecule has 2 aromatic carbocycles. The second-order valence-corrected chi connectivity index (χ2v) is 6.08. The second kappa shape index (κ2) is 5.46. The average Bonchev–Trinajstić information content (AvgIpc) is 3.05. The van der Waals surface area contributed by atoms with Gasteiger partial charge in [0.15, 0.2) is 0 Å². The monoisotopic (exact) mass is 354 g/mol. The molecule has 2 amide bonds. The van der Waals surface area contributed by atoms with Crippen LogP contribution in [0.15, 0.2) is 42.5 Å². The maximum atomic E-state index is 12.5. The summed E-state index contributed by atoms with van der Waals surface area (Å²) in [6.45, 7) is 1.74. The molecule has 0 bridgehead atoms. The van der Waals surface area contributed by atoms with Crippen LogP contribution in [-0.4, -0.2) is 27.8 Å². The molecule has 0 saturated heterocycles. The van der Waals surface area contributed by atoms with E-state index in [-0.39, 0.29) is 16.8 Å². The smallest absolute Gasteiger partial charge is 0.349 e. The molecule has 0 saturated carbocycles. The summed E-state index contributed by atoms with van der Waals surface area (Å²) in [4.78, 5) is 45.0. The van der Waals surface area contributed by atoms with E-state index in [1.807, 2.05) is 0 Å². The first-order valence-corrected chi connectivity index (χ1v) is 7.83. The summed E-state index contributed by atoms with van der Waals surface area (Å²) in [5.41, 5.74) is 1.89. The topological polar surface area (TPSA) is 79.5 Å². The predicted molar refractivity (Wildman–Crippen MR) is 90.4 cm³/mol. The van der Waals surface area contributed by atoms with Crippen LogP contribution in [0.2, 0.25) is 5.02 Å². The van der Waals surface area contributed by atoms with E-state index in [0.717, 1.165) is 5.39 Å². The van der Waals surface area contributed by atoms with Gasteiger partial charge >= 0.3 is 5.97 Å². The minimum atomic E-state index is -0.820. The number of halogens is 1. The zero-order chi connectivity index (χ0) is 17.7. The lowest BCUT2D eigenvalue weighted by Crippen LogP contribution is -2.33. The van der Waals surface area contributed by atoms with Crippen molar-refractivity contribution in [3.05, 3.63) is 69.9 Å². The molecule has 0 unspecified atom stereocenters. The first-order chi connectivity index (χ1) is 12.0. The third-order valence-corrected chi connectivity index (χ3v) is 4.39. The third-order valence-electron chi connectivity index (χ3n) is 4.16. The van der Waals surface area contributed by atoms with Crippen LogP contribution < -0.4 is 0 Å². The summed E-state index contributed by atoms with van der Waals surface area (Å²) in [6, 6.07) is 11.5. The fraction of sp³-hybridized carbons (Fsp3) is 0.0556. The Labute approximate surface area is 146 Å². The molecule has 1 aliphatic heterocycles. The van der Waals surface area contributed by atoms with E-state index < -0.39 is 17.8 Å². The van der Waals surface area contributed by atoms with Crippen molar-refractivity contribution in [2.75, 3.05) is 0 Å². The molecule has 124 valence electrons. The molecule has 0 fully saturated rings. The van der Waals surface area contributed by atoms with Gasteiger partial charge in [-0.2, -0.15) is 0 Å². The number of aryl methyl sites for hydroxylation is 1. The fourth-order valence-electron chi connectivity index (χ4n) is 2.89. The van der Waals surface area contributed by atoms with E-state index in [1.54, 1.807) is 37.3 Å². The highest BCUT2D eigenvalue weighted by molar-refractivity contribution is 6.31. The largest absolute Gasteiger partial charge is 0.380 e. The Morgan fingerprint density at radius 1 is 1.08 bits per heavy atom. The zero-order valence-corrected chi connectivity index (χ0v) is 13.8. The van der Waals surface area contributed by atoms with E-state index in [9.17, 15) is 14.4 Å². The number of H-pyrrole nitrogens is 1. The number of rotatable bonds is 2. The van der Waals surface area contributed by atoms with E-state index in [1.165, 1.54) is 12.1 Å². The number of carbonyl (C=O) groups excluding carboxylic acids is 3. The maximum absolute atomic E-state index is 12.5. The number of hydroxylamine groups is 2. The minimum Gasteiger partial charge on any atom is -0.349 e. The Hall–Kier alpha value is -3.12. The normalized spacial score (nSPS) is 13.4. The number of amides is 2. The molecule has 6 nitrogen and oxygen atoms in total. The molecule has 7 heteroatoms. The first-order valence-electron chi connectivity index (χ1n) is 7.45. The van der Waals surface area contributed by atoms with Crippen molar-refractivity contribution in [1.29, 1.82) is 0 Å². The quantitative estimate of drug-likeness (QED) is 0.714. The molecule has 2 heterocycles. The van der Waals surface area contributed by atoms with Crippen LogP contribution in [0.1, 0.15) is 36.8 Å². The number of aromatic amines is 1. The van der Waals surface area contributed by atoms with Crippen molar-refractivity contribution >= 4 is 40.3 Å². The lowest BCUT2D eigenvalue weighted by molar-refractivity contribution is -0.0588. The van der Waals surface area contributed by atoms with Crippen molar-refractivity contribution in [2.45, 2.75) is 6.92 Å². The van der Waals surface area contributed by atoms with Crippen LogP contribution in [0.4, 0.5) is 0 Å². The molecule has 0 spiro atoms. The van der Waals surface area contributed by atoms with Gasteiger partial charge in [-0.25, -0.2) is 4.79 Å². The third kappa shape index (κ3) is 2.30. The summed E-state index contributed by atoms with van der Waals surface area (Å²) in [7, 11) is 0. The van der Waals surface area contributed by atoms with Crippen LogP contribution >= 0.6 is 11.6 Å². The molecular formula is C18H11ClN2O4. The number of aromatic nitrogens is 1. The number of hydrogen-bond acceptors (Lipinski definition) is 4. The predicted octanol–water partition coefficient (Wildman–Crippen LogP) is 3.50. The summed E-state index contributed by atoms with van der Waals surface area (Å²) < 4.78 is 0. The first kappa shape index (κ1) is 15.4. The van der Waals surface area contributed by atoms with E-state index >= 15 is 0 Å². The summed E-state index contributed by atoms with van der Waals surface area (Å²) in [6.07, 6.45) is 0. The van der Waals surface area contributed by atoms with E-state index in [4.69, 9.17) is 16.4 Å². The van der Waals surface area contributed by atoms with Gasteiger partial charge in [-0.1, -0.05) is 34.9 Å². The van der Waals surface area contributed by atoms with Gasteiger partial charge in [0.25, 0.3) is 11.8 Å². The van der Waals surface area contributed by atoms with Crippen molar-refractivity contribution in [3.8, 4) is 0 Å². The molecule has 1 N–H and O–H groups in total. The van der Waals surface area contributed by atoms with Gasteiger partial charge in [0.1, 0.15) is 5.69 Å². The summed E-state index contributed by atoms with van der Waals surface area (Å²) >= 11 is 5.95. The number of carbonyl (C=O) groups is 3. The Kier molecular flexibility index (Phi) is 3.36. The zero-order valence-electron chi connectivity index (χ0n) is 13.0. The van der Waals surface area contributed by atoms with Gasteiger partial charge in [-0.15, -0.1) is 0 Å².